The second-order valence-electron chi connectivity index (χ2n) is 7.76. The van der Waals surface area contributed by atoms with Crippen molar-refractivity contribution in [2.24, 2.45) is 0 Å². The van der Waals surface area contributed by atoms with Gasteiger partial charge in [-0.05, 0) is 60.0 Å². The highest BCUT2D eigenvalue weighted by Crippen LogP contribution is 2.31. The van der Waals surface area contributed by atoms with Crippen molar-refractivity contribution >= 4 is 11.5 Å². The first-order valence-corrected chi connectivity index (χ1v) is 10.9. The number of aryl methyl sites for hydroxylation is 1. The van der Waals surface area contributed by atoms with E-state index in [1.54, 1.807) is 13.2 Å². The lowest BCUT2D eigenvalue weighted by molar-refractivity contribution is 0.0577. The fourth-order valence-electron chi connectivity index (χ4n) is 3.96. The number of morpholine rings is 1. The molecular formula is C26H29NO5. The number of furan rings is 1. The molecule has 2 aromatic carbocycles. The van der Waals surface area contributed by atoms with Crippen molar-refractivity contribution in [3.63, 3.8) is 0 Å². The number of carbonyl (C=O) groups excluding carboxylic acids is 1. The van der Waals surface area contributed by atoms with Crippen molar-refractivity contribution in [1.82, 2.24) is 0 Å². The molecule has 0 amide bonds. The lowest BCUT2D eigenvalue weighted by atomic mass is 10.0. The van der Waals surface area contributed by atoms with Crippen molar-refractivity contribution in [1.29, 1.82) is 0 Å². The SMILES string of the molecule is CCc1cc(OC)cc(-c2ccc(C(=O)C(OC)c3ccc(N4CCOCC4)cc3)o2)c1. The van der Waals surface area contributed by atoms with Crippen LogP contribution in [0.4, 0.5) is 5.69 Å². The van der Waals surface area contributed by atoms with E-state index in [2.05, 4.69) is 11.8 Å². The summed E-state index contributed by atoms with van der Waals surface area (Å²) in [5.74, 6) is 1.44. The number of hydrogen-bond acceptors (Lipinski definition) is 6. The molecule has 1 aliphatic rings. The number of rotatable bonds is 8. The van der Waals surface area contributed by atoms with E-state index in [9.17, 15) is 4.79 Å². The van der Waals surface area contributed by atoms with Gasteiger partial charge < -0.3 is 23.5 Å². The molecule has 0 N–H and O–H groups in total. The molecule has 0 saturated carbocycles. The van der Waals surface area contributed by atoms with E-state index >= 15 is 0 Å². The minimum Gasteiger partial charge on any atom is -0.497 e. The summed E-state index contributed by atoms with van der Waals surface area (Å²) < 4.78 is 22.3. The fourth-order valence-corrected chi connectivity index (χ4v) is 3.96. The van der Waals surface area contributed by atoms with E-state index in [0.717, 1.165) is 60.9 Å². The van der Waals surface area contributed by atoms with Gasteiger partial charge >= 0.3 is 0 Å². The quantitative estimate of drug-likeness (QED) is 0.468. The number of ketones is 1. The van der Waals surface area contributed by atoms with Crippen LogP contribution in [0.1, 0.15) is 34.7 Å². The Morgan fingerprint density at radius 2 is 1.78 bits per heavy atom. The van der Waals surface area contributed by atoms with Crippen molar-refractivity contribution in [2.45, 2.75) is 19.4 Å². The summed E-state index contributed by atoms with van der Waals surface area (Å²) in [7, 11) is 3.18. The minimum absolute atomic E-state index is 0.212. The summed E-state index contributed by atoms with van der Waals surface area (Å²) in [4.78, 5) is 15.5. The number of Topliss-reactive ketones (excluding diaryl/α,β-unsaturated/α-hetero) is 1. The van der Waals surface area contributed by atoms with Crippen LogP contribution in [-0.4, -0.2) is 46.3 Å². The Labute approximate surface area is 188 Å². The van der Waals surface area contributed by atoms with Gasteiger partial charge in [0.05, 0.1) is 20.3 Å². The Morgan fingerprint density at radius 3 is 2.44 bits per heavy atom. The van der Waals surface area contributed by atoms with Crippen LogP contribution in [-0.2, 0) is 15.9 Å². The van der Waals surface area contributed by atoms with Gasteiger partial charge in [-0.1, -0.05) is 19.1 Å². The largest absolute Gasteiger partial charge is 0.497 e. The standard InChI is InChI=1S/C26H29NO5/c1-4-18-15-20(17-22(16-18)29-2)23-9-10-24(32-23)25(28)26(30-3)19-5-7-21(8-6-19)27-11-13-31-14-12-27/h5-10,15-17,26H,4,11-14H2,1-3H3. The van der Waals surface area contributed by atoms with Crippen LogP contribution in [0.15, 0.2) is 59.0 Å². The van der Waals surface area contributed by atoms with Gasteiger partial charge in [0.15, 0.2) is 5.76 Å². The van der Waals surface area contributed by atoms with Gasteiger partial charge in [-0.25, -0.2) is 0 Å². The second kappa shape index (κ2) is 10.0. The maximum atomic E-state index is 13.2. The molecule has 32 heavy (non-hydrogen) atoms. The summed E-state index contributed by atoms with van der Waals surface area (Å²) >= 11 is 0. The topological polar surface area (TPSA) is 61.1 Å². The highest BCUT2D eigenvalue weighted by molar-refractivity contribution is 5.98. The first kappa shape index (κ1) is 22.1. The normalized spacial score (nSPS) is 14.9. The molecule has 168 valence electrons. The smallest absolute Gasteiger partial charge is 0.231 e. The van der Waals surface area contributed by atoms with E-state index in [1.807, 2.05) is 48.5 Å². The fraction of sp³-hybridized carbons (Fsp3) is 0.346. The molecule has 0 aliphatic carbocycles. The van der Waals surface area contributed by atoms with E-state index in [-0.39, 0.29) is 11.5 Å². The highest BCUT2D eigenvalue weighted by atomic mass is 16.5. The predicted molar refractivity (Wildman–Crippen MR) is 124 cm³/mol. The number of nitrogens with zero attached hydrogens (tertiary/aromatic N) is 1. The van der Waals surface area contributed by atoms with Gasteiger partial charge in [-0.15, -0.1) is 0 Å². The average Bonchev–Trinajstić information content (AvgIpc) is 3.35. The summed E-state index contributed by atoms with van der Waals surface area (Å²) in [5, 5.41) is 0. The van der Waals surface area contributed by atoms with Crippen molar-refractivity contribution < 1.29 is 23.4 Å². The average molecular weight is 436 g/mol. The Kier molecular flexibility index (Phi) is 6.93. The van der Waals surface area contributed by atoms with Gasteiger partial charge in [0.1, 0.15) is 17.6 Å². The highest BCUT2D eigenvalue weighted by Gasteiger charge is 2.25. The third-order valence-corrected chi connectivity index (χ3v) is 5.79. The maximum absolute atomic E-state index is 13.2. The molecule has 2 heterocycles. The first-order chi connectivity index (χ1) is 15.6. The molecule has 6 nitrogen and oxygen atoms in total. The van der Waals surface area contributed by atoms with Gasteiger partial charge in [-0.2, -0.15) is 0 Å². The molecule has 1 aromatic heterocycles. The molecule has 4 rings (SSSR count). The van der Waals surface area contributed by atoms with Gasteiger partial charge in [0.25, 0.3) is 0 Å². The molecule has 6 heteroatoms. The first-order valence-electron chi connectivity index (χ1n) is 10.9. The monoisotopic (exact) mass is 435 g/mol. The second-order valence-corrected chi connectivity index (χ2v) is 7.76. The molecule has 1 aliphatic heterocycles. The summed E-state index contributed by atoms with van der Waals surface area (Å²) in [5.41, 5.74) is 3.93. The zero-order valence-electron chi connectivity index (χ0n) is 18.8. The van der Waals surface area contributed by atoms with Crippen molar-refractivity contribution in [2.75, 3.05) is 45.4 Å². The zero-order chi connectivity index (χ0) is 22.5. The van der Waals surface area contributed by atoms with Gasteiger partial charge in [-0.3, -0.25) is 4.79 Å². The third kappa shape index (κ3) is 4.71. The summed E-state index contributed by atoms with van der Waals surface area (Å²) in [6.07, 6.45) is 0.146. The van der Waals surface area contributed by atoms with Crippen LogP contribution < -0.4 is 9.64 Å². The molecule has 1 unspecified atom stereocenters. The number of ether oxygens (including phenoxy) is 3. The van der Waals surface area contributed by atoms with Crippen LogP contribution in [0.2, 0.25) is 0 Å². The van der Waals surface area contributed by atoms with Crippen LogP contribution >= 0.6 is 0 Å². The third-order valence-electron chi connectivity index (χ3n) is 5.79. The molecule has 3 aromatic rings. The Bertz CT molecular complexity index is 1030. The van der Waals surface area contributed by atoms with Gasteiger partial charge in [0.2, 0.25) is 5.78 Å². The van der Waals surface area contributed by atoms with Crippen LogP contribution in [0, 0.1) is 0 Å². The molecule has 1 atom stereocenters. The lowest BCUT2D eigenvalue weighted by Crippen LogP contribution is -2.36. The van der Waals surface area contributed by atoms with Crippen LogP contribution in [0.3, 0.4) is 0 Å². The van der Waals surface area contributed by atoms with Crippen LogP contribution in [0.5, 0.6) is 5.75 Å². The Morgan fingerprint density at radius 1 is 1.03 bits per heavy atom. The Hall–Kier alpha value is -3.09. The number of benzene rings is 2. The number of methoxy groups -OCH3 is 2. The van der Waals surface area contributed by atoms with Crippen molar-refractivity contribution in [3.05, 3.63) is 71.5 Å². The molecule has 1 saturated heterocycles. The number of hydrogen-bond donors (Lipinski definition) is 0. The molecule has 1 fully saturated rings. The summed E-state index contributed by atoms with van der Waals surface area (Å²) in [6.45, 7) is 5.28. The number of carbonyl (C=O) groups is 1. The maximum Gasteiger partial charge on any atom is 0.231 e. The molecule has 0 bridgehead atoms. The van der Waals surface area contributed by atoms with E-state index < -0.39 is 6.10 Å². The van der Waals surface area contributed by atoms with Crippen molar-refractivity contribution in [3.8, 4) is 17.1 Å². The van der Waals surface area contributed by atoms with E-state index in [1.165, 1.54) is 7.11 Å². The molecular weight excluding hydrogens is 406 g/mol. The minimum atomic E-state index is -0.732. The number of anilines is 1. The zero-order valence-corrected chi connectivity index (χ0v) is 18.8. The molecule has 0 spiro atoms. The van der Waals surface area contributed by atoms with E-state index in [4.69, 9.17) is 18.6 Å². The predicted octanol–water partition coefficient (Wildman–Crippen LogP) is 4.92. The summed E-state index contributed by atoms with van der Waals surface area (Å²) in [6, 6.07) is 17.4. The van der Waals surface area contributed by atoms with Crippen LogP contribution in [0.25, 0.3) is 11.3 Å². The lowest BCUT2D eigenvalue weighted by Gasteiger charge is -2.29. The Balaban J connectivity index is 1.54. The van der Waals surface area contributed by atoms with E-state index in [0.29, 0.717) is 5.76 Å². The molecule has 0 radical (unpaired) electrons. The van der Waals surface area contributed by atoms with Gasteiger partial charge in [0, 0.05) is 31.5 Å².